The van der Waals surface area contributed by atoms with Gasteiger partial charge in [-0.15, -0.1) is 11.8 Å². The number of benzene rings is 1. The number of carbonyl (C=O) groups excluding carboxylic acids is 3. The van der Waals surface area contributed by atoms with Crippen LogP contribution in [-0.4, -0.2) is 44.1 Å². The fourth-order valence-electron chi connectivity index (χ4n) is 1.95. The Morgan fingerprint density at radius 3 is 2.00 bits per heavy atom. The second-order valence-corrected chi connectivity index (χ2v) is 7.84. The number of ether oxygens (including phenoxy) is 3. The Morgan fingerprint density at radius 1 is 1.00 bits per heavy atom. The normalized spacial score (nSPS) is 10.6. The minimum absolute atomic E-state index is 0.128. The van der Waals surface area contributed by atoms with Crippen LogP contribution in [0.25, 0.3) is 0 Å². The first-order chi connectivity index (χ1) is 13.6. The van der Waals surface area contributed by atoms with Crippen LogP contribution in [0.2, 0.25) is 0 Å². The summed E-state index contributed by atoms with van der Waals surface area (Å²) < 4.78 is 15.6. The van der Waals surface area contributed by atoms with Crippen molar-refractivity contribution in [1.29, 1.82) is 0 Å². The molecule has 1 aromatic carbocycles. The van der Waals surface area contributed by atoms with Crippen LogP contribution < -0.4 is 5.32 Å². The van der Waals surface area contributed by atoms with Gasteiger partial charge in [0.15, 0.2) is 0 Å². The quantitative estimate of drug-likeness (QED) is 0.262. The second kappa shape index (κ2) is 11.3. The maximum atomic E-state index is 12.2. The average Bonchev–Trinajstić information content (AvgIpc) is 2.68. The van der Waals surface area contributed by atoms with Gasteiger partial charge < -0.3 is 14.2 Å². The van der Waals surface area contributed by atoms with Crippen molar-refractivity contribution in [2.24, 2.45) is 5.41 Å². The molecule has 1 N–H and O–H groups in total. The van der Waals surface area contributed by atoms with Crippen LogP contribution in [0.15, 0.2) is 53.5 Å². The van der Waals surface area contributed by atoms with Crippen molar-refractivity contribution in [2.75, 3.05) is 31.4 Å². The molecule has 8 heteroatoms. The van der Waals surface area contributed by atoms with Crippen LogP contribution in [0.5, 0.6) is 0 Å². The SMILES string of the molecule is C=C(C)C(=O)OCC(C)(COC(=O)Nc1cccc(SC)c1)COC(=O)C(=C)C. The lowest BCUT2D eigenvalue weighted by Crippen LogP contribution is -2.37. The largest absolute Gasteiger partial charge is 0.461 e. The molecule has 0 atom stereocenters. The van der Waals surface area contributed by atoms with E-state index in [0.29, 0.717) is 5.69 Å². The zero-order chi connectivity index (χ0) is 22.0. The fraction of sp³-hybridized carbons (Fsp3) is 0.381. The van der Waals surface area contributed by atoms with Gasteiger partial charge in [0.25, 0.3) is 0 Å². The van der Waals surface area contributed by atoms with Crippen molar-refractivity contribution >= 4 is 35.5 Å². The summed E-state index contributed by atoms with van der Waals surface area (Å²) in [5.41, 5.74) is 0.109. The predicted octanol–water partition coefficient (Wildman–Crippen LogP) is 4.20. The highest BCUT2D eigenvalue weighted by atomic mass is 32.2. The third-order valence-electron chi connectivity index (χ3n) is 3.67. The molecule has 0 radical (unpaired) electrons. The highest BCUT2D eigenvalue weighted by Gasteiger charge is 2.31. The molecular weight excluding hydrogens is 394 g/mol. The summed E-state index contributed by atoms with van der Waals surface area (Å²) in [7, 11) is 0. The van der Waals surface area contributed by atoms with Gasteiger partial charge in [0.2, 0.25) is 0 Å². The Morgan fingerprint density at radius 2 is 1.52 bits per heavy atom. The summed E-state index contributed by atoms with van der Waals surface area (Å²) in [6.45, 7) is 11.4. The summed E-state index contributed by atoms with van der Waals surface area (Å²) in [6.07, 6.45) is 1.26. The Kier molecular flexibility index (Phi) is 9.47. The Bertz CT molecular complexity index is 759. The van der Waals surface area contributed by atoms with Crippen molar-refractivity contribution in [2.45, 2.75) is 25.7 Å². The first kappa shape index (κ1) is 24.3. The van der Waals surface area contributed by atoms with Crippen molar-refractivity contribution in [1.82, 2.24) is 0 Å². The number of esters is 2. The van der Waals surface area contributed by atoms with Gasteiger partial charge in [-0.1, -0.05) is 19.2 Å². The number of rotatable bonds is 10. The maximum Gasteiger partial charge on any atom is 0.411 e. The van der Waals surface area contributed by atoms with Gasteiger partial charge in [-0.3, -0.25) is 5.32 Å². The van der Waals surface area contributed by atoms with Gasteiger partial charge in [0, 0.05) is 21.7 Å². The van der Waals surface area contributed by atoms with Crippen molar-refractivity contribution in [3.63, 3.8) is 0 Å². The number of anilines is 1. The topological polar surface area (TPSA) is 90.9 Å². The predicted molar refractivity (Wildman–Crippen MR) is 113 cm³/mol. The summed E-state index contributed by atoms with van der Waals surface area (Å²) in [5.74, 6) is -1.17. The molecule has 0 fully saturated rings. The molecule has 0 heterocycles. The summed E-state index contributed by atoms with van der Waals surface area (Å²) in [5, 5.41) is 2.64. The molecule has 29 heavy (non-hydrogen) atoms. The molecule has 1 rings (SSSR count). The van der Waals surface area contributed by atoms with Gasteiger partial charge in [-0.05, 0) is 45.2 Å². The molecule has 0 spiro atoms. The van der Waals surface area contributed by atoms with Gasteiger partial charge in [0.05, 0.1) is 5.41 Å². The van der Waals surface area contributed by atoms with Crippen LogP contribution in [0.3, 0.4) is 0 Å². The summed E-state index contributed by atoms with van der Waals surface area (Å²) in [6, 6.07) is 7.29. The van der Waals surface area contributed by atoms with Gasteiger partial charge in [-0.25, -0.2) is 14.4 Å². The number of hydrogen-bond acceptors (Lipinski definition) is 7. The van der Waals surface area contributed by atoms with Crippen molar-refractivity contribution < 1.29 is 28.6 Å². The first-order valence-electron chi connectivity index (χ1n) is 8.79. The number of carbonyl (C=O) groups is 3. The molecule has 7 nitrogen and oxygen atoms in total. The molecule has 0 aliphatic rings. The molecule has 0 aliphatic carbocycles. The van der Waals surface area contributed by atoms with Gasteiger partial charge in [-0.2, -0.15) is 0 Å². The van der Waals surface area contributed by atoms with E-state index in [1.54, 1.807) is 24.8 Å². The first-order valence-corrected chi connectivity index (χ1v) is 10.0. The monoisotopic (exact) mass is 421 g/mol. The summed E-state index contributed by atoms with van der Waals surface area (Å²) in [4.78, 5) is 36.6. The smallest absolute Gasteiger partial charge is 0.411 e. The Balaban J connectivity index is 2.74. The second-order valence-electron chi connectivity index (χ2n) is 6.96. The highest BCUT2D eigenvalue weighted by Crippen LogP contribution is 2.22. The third-order valence-corrected chi connectivity index (χ3v) is 4.39. The lowest BCUT2D eigenvalue weighted by Gasteiger charge is -2.28. The van der Waals surface area contributed by atoms with Crippen molar-refractivity contribution in [3.05, 3.63) is 48.6 Å². The lowest BCUT2D eigenvalue weighted by molar-refractivity contribution is -0.150. The van der Waals surface area contributed by atoms with E-state index < -0.39 is 23.4 Å². The van der Waals surface area contributed by atoms with Crippen molar-refractivity contribution in [3.8, 4) is 0 Å². The van der Waals surface area contributed by atoms with E-state index in [-0.39, 0.29) is 31.0 Å². The van der Waals surface area contributed by atoms with Crippen LogP contribution >= 0.6 is 11.8 Å². The molecular formula is C21H27NO6S. The molecule has 0 bridgehead atoms. The average molecular weight is 422 g/mol. The minimum Gasteiger partial charge on any atom is -0.461 e. The fourth-order valence-corrected chi connectivity index (χ4v) is 2.40. The summed E-state index contributed by atoms with van der Waals surface area (Å²) >= 11 is 1.55. The van der Waals surface area contributed by atoms with Gasteiger partial charge in [0.1, 0.15) is 19.8 Å². The van der Waals surface area contributed by atoms with Crippen LogP contribution in [0, 0.1) is 5.41 Å². The Hall–Kier alpha value is -2.74. The highest BCUT2D eigenvalue weighted by molar-refractivity contribution is 7.98. The molecule has 0 aliphatic heterocycles. The minimum atomic E-state index is -0.950. The molecule has 1 amide bonds. The molecule has 1 aromatic rings. The standard InChI is InChI=1S/C21H27NO6S/c1-14(2)18(23)26-11-21(5,12-27-19(24)15(3)4)13-28-20(25)22-16-8-7-9-17(10-16)29-6/h7-10H,1,3,11-13H2,2,4-6H3,(H,22,25). The maximum absolute atomic E-state index is 12.2. The Labute approximate surface area is 175 Å². The van der Waals surface area contributed by atoms with E-state index in [2.05, 4.69) is 18.5 Å². The lowest BCUT2D eigenvalue weighted by atomic mass is 9.94. The zero-order valence-electron chi connectivity index (χ0n) is 17.2. The number of hydrogen-bond donors (Lipinski definition) is 1. The molecule has 158 valence electrons. The zero-order valence-corrected chi connectivity index (χ0v) is 18.0. The van der Waals surface area contributed by atoms with E-state index in [9.17, 15) is 14.4 Å². The van der Waals surface area contributed by atoms with E-state index in [4.69, 9.17) is 14.2 Å². The molecule has 0 saturated heterocycles. The van der Waals surface area contributed by atoms with E-state index in [1.807, 2.05) is 24.5 Å². The van der Waals surface area contributed by atoms with Crippen LogP contribution in [0.1, 0.15) is 20.8 Å². The van der Waals surface area contributed by atoms with E-state index in [1.165, 1.54) is 13.8 Å². The molecule has 0 aromatic heterocycles. The number of thioether (sulfide) groups is 1. The van der Waals surface area contributed by atoms with Crippen LogP contribution in [-0.2, 0) is 23.8 Å². The molecule has 0 saturated carbocycles. The molecule has 0 unspecified atom stereocenters. The van der Waals surface area contributed by atoms with E-state index >= 15 is 0 Å². The van der Waals surface area contributed by atoms with Gasteiger partial charge >= 0.3 is 18.0 Å². The van der Waals surface area contributed by atoms with Crippen LogP contribution in [0.4, 0.5) is 10.5 Å². The number of nitrogens with one attached hydrogen (secondary N) is 1. The van der Waals surface area contributed by atoms with E-state index in [0.717, 1.165) is 4.90 Å². The third kappa shape index (κ3) is 8.87. The number of amides is 1.